The summed E-state index contributed by atoms with van der Waals surface area (Å²) in [5.41, 5.74) is 0.534. The third-order valence-corrected chi connectivity index (χ3v) is 5.55. The number of halogens is 1. The first-order valence-electron chi connectivity index (χ1n) is 2.76. The van der Waals surface area contributed by atoms with Gasteiger partial charge in [0.2, 0.25) is 0 Å². The van der Waals surface area contributed by atoms with Gasteiger partial charge in [0.25, 0.3) is 0 Å². The molecule has 1 saturated carbocycles. The van der Waals surface area contributed by atoms with Gasteiger partial charge in [-0.05, 0) is 18.1 Å². The van der Waals surface area contributed by atoms with Crippen LogP contribution in [0.2, 0.25) is 0 Å². The normalized spacial score (nSPS) is 42.0. The van der Waals surface area contributed by atoms with Crippen molar-refractivity contribution in [3.63, 3.8) is 0 Å². The van der Waals surface area contributed by atoms with E-state index in [1.165, 1.54) is 6.42 Å². The molecule has 0 heterocycles. The van der Waals surface area contributed by atoms with E-state index in [0.717, 1.165) is 0 Å². The summed E-state index contributed by atoms with van der Waals surface area (Å²) in [6, 6.07) is 0. The smallest absolute Gasteiger partial charge is 0.0762 e. The fourth-order valence-electron chi connectivity index (χ4n) is 0.873. The van der Waals surface area contributed by atoms with Crippen molar-refractivity contribution in [3.05, 3.63) is 0 Å². The molecule has 0 unspecified atom stereocenters. The van der Waals surface area contributed by atoms with Gasteiger partial charge < -0.3 is 0 Å². The topological polar surface area (TPSA) is 0 Å². The average molecular weight is 195 g/mol. The first-order chi connectivity index (χ1) is 3.52. The maximum atomic E-state index is 3.67. The maximum absolute atomic E-state index is 3.67. The summed E-state index contributed by atoms with van der Waals surface area (Å²) in [4.78, 5) is 0. The Balaban J connectivity index is 2.55. The number of thioether (sulfide) groups is 1. The second-order valence-corrected chi connectivity index (χ2v) is 5.98. The van der Waals surface area contributed by atoms with Crippen LogP contribution in [0.3, 0.4) is 0 Å². The van der Waals surface area contributed by atoms with E-state index < -0.39 is 0 Å². The van der Waals surface area contributed by atoms with Gasteiger partial charge in [-0.25, -0.2) is 0 Å². The summed E-state index contributed by atoms with van der Waals surface area (Å²) in [6.45, 7) is 4.58. The molecule has 0 spiro atoms. The van der Waals surface area contributed by atoms with E-state index in [2.05, 4.69) is 36.0 Å². The molecule has 0 aromatic rings. The summed E-state index contributed by atoms with van der Waals surface area (Å²) in [5.74, 6) is 0. The van der Waals surface area contributed by atoms with Gasteiger partial charge in [-0.15, -0.1) is 11.8 Å². The van der Waals surface area contributed by atoms with Gasteiger partial charge >= 0.3 is 0 Å². The van der Waals surface area contributed by atoms with Gasteiger partial charge in [0.15, 0.2) is 0 Å². The van der Waals surface area contributed by atoms with Crippen LogP contribution in [0.25, 0.3) is 0 Å². The second-order valence-electron chi connectivity index (χ2n) is 2.99. The van der Waals surface area contributed by atoms with Crippen LogP contribution in [-0.4, -0.2) is 9.91 Å². The minimum Gasteiger partial charge on any atom is -0.146 e. The van der Waals surface area contributed by atoms with Gasteiger partial charge in [0, 0.05) is 0 Å². The Labute approximate surface area is 63.5 Å². The molecule has 1 atom stereocenters. The van der Waals surface area contributed by atoms with E-state index in [-0.39, 0.29) is 0 Å². The fraction of sp³-hybridized carbons (Fsp3) is 1.00. The standard InChI is InChI=1S/C6H11BrS/c1-5(2)4-6(5,7)8-3/h4H2,1-3H3/t6-/m1/s1. The summed E-state index contributed by atoms with van der Waals surface area (Å²) in [7, 11) is 0. The van der Waals surface area contributed by atoms with Crippen LogP contribution in [0.5, 0.6) is 0 Å². The minimum absolute atomic E-state index is 0.417. The average Bonchev–Trinajstić information content (AvgIpc) is 2.10. The Morgan fingerprint density at radius 3 is 1.88 bits per heavy atom. The monoisotopic (exact) mass is 194 g/mol. The van der Waals surface area contributed by atoms with E-state index in [4.69, 9.17) is 0 Å². The molecule has 0 N–H and O–H groups in total. The van der Waals surface area contributed by atoms with Crippen molar-refractivity contribution in [2.45, 2.75) is 23.9 Å². The number of rotatable bonds is 1. The molecule has 0 radical (unpaired) electrons. The highest BCUT2D eigenvalue weighted by Gasteiger charge is 2.59. The first kappa shape index (κ1) is 6.94. The molecule has 1 rings (SSSR count). The lowest BCUT2D eigenvalue weighted by Gasteiger charge is -2.07. The van der Waals surface area contributed by atoms with Gasteiger partial charge in [0.1, 0.15) is 0 Å². The summed E-state index contributed by atoms with van der Waals surface area (Å²) in [5, 5.41) is 0. The van der Waals surface area contributed by atoms with Crippen LogP contribution in [0.4, 0.5) is 0 Å². The zero-order valence-corrected chi connectivity index (χ0v) is 7.90. The summed E-state index contributed by atoms with van der Waals surface area (Å²) < 4.78 is 0.417. The lowest BCUT2D eigenvalue weighted by molar-refractivity contribution is 0.649. The van der Waals surface area contributed by atoms with E-state index >= 15 is 0 Å². The second kappa shape index (κ2) is 1.66. The van der Waals surface area contributed by atoms with Crippen molar-refractivity contribution in [1.82, 2.24) is 0 Å². The molecule has 2 heteroatoms. The molecular weight excluding hydrogens is 184 g/mol. The Morgan fingerprint density at radius 1 is 1.50 bits per heavy atom. The Kier molecular flexibility index (Phi) is 1.44. The van der Waals surface area contributed by atoms with E-state index in [1.807, 2.05) is 11.8 Å². The summed E-state index contributed by atoms with van der Waals surface area (Å²) >= 11 is 5.59. The molecule has 8 heavy (non-hydrogen) atoms. The molecule has 1 aliphatic carbocycles. The third kappa shape index (κ3) is 0.820. The predicted molar refractivity (Wildman–Crippen MR) is 43.6 cm³/mol. The molecule has 0 aromatic heterocycles. The maximum Gasteiger partial charge on any atom is 0.0762 e. The van der Waals surface area contributed by atoms with Gasteiger partial charge in [-0.1, -0.05) is 29.8 Å². The molecular formula is C6H11BrS. The van der Waals surface area contributed by atoms with Crippen LogP contribution >= 0.6 is 27.7 Å². The largest absolute Gasteiger partial charge is 0.146 e. The number of hydrogen-bond acceptors (Lipinski definition) is 1. The zero-order valence-electron chi connectivity index (χ0n) is 5.49. The first-order valence-corrected chi connectivity index (χ1v) is 4.78. The predicted octanol–water partition coefficient (Wildman–Crippen LogP) is 2.87. The fourth-order valence-corrected chi connectivity index (χ4v) is 2.63. The molecule has 0 aromatic carbocycles. The minimum atomic E-state index is 0.417. The lowest BCUT2D eigenvalue weighted by Crippen LogP contribution is -1.99. The van der Waals surface area contributed by atoms with Crippen LogP contribution in [0, 0.1) is 5.41 Å². The number of hydrogen-bond donors (Lipinski definition) is 0. The highest BCUT2D eigenvalue weighted by molar-refractivity contribution is 9.12. The van der Waals surface area contributed by atoms with Crippen LogP contribution in [-0.2, 0) is 0 Å². The number of alkyl halides is 1. The molecule has 0 saturated heterocycles. The lowest BCUT2D eigenvalue weighted by atomic mass is 10.2. The molecule has 1 aliphatic rings. The van der Waals surface area contributed by atoms with Crippen LogP contribution in [0.15, 0.2) is 0 Å². The molecule has 0 nitrogen and oxygen atoms in total. The van der Waals surface area contributed by atoms with Crippen molar-refractivity contribution >= 4 is 27.7 Å². The van der Waals surface area contributed by atoms with Gasteiger partial charge in [-0.2, -0.15) is 0 Å². The Hall–Kier alpha value is 0.830. The molecule has 0 bridgehead atoms. The molecule has 48 valence electrons. The van der Waals surface area contributed by atoms with Crippen LogP contribution < -0.4 is 0 Å². The van der Waals surface area contributed by atoms with E-state index in [1.54, 1.807) is 0 Å². The van der Waals surface area contributed by atoms with Crippen molar-refractivity contribution in [2.24, 2.45) is 5.41 Å². The van der Waals surface area contributed by atoms with Gasteiger partial charge in [-0.3, -0.25) is 0 Å². The molecule has 1 fully saturated rings. The highest BCUT2D eigenvalue weighted by Crippen LogP contribution is 2.67. The van der Waals surface area contributed by atoms with Gasteiger partial charge in [0.05, 0.1) is 3.66 Å². The highest BCUT2D eigenvalue weighted by atomic mass is 79.9. The van der Waals surface area contributed by atoms with E-state index in [9.17, 15) is 0 Å². The Morgan fingerprint density at radius 2 is 1.88 bits per heavy atom. The van der Waals surface area contributed by atoms with Crippen molar-refractivity contribution in [1.29, 1.82) is 0 Å². The molecule has 0 amide bonds. The van der Waals surface area contributed by atoms with Crippen molar-refractivity contribution in [2.75, 3.05) is 6.26 Å². The third-order valence-electron chi connectivity index (χ3n) is 1.88. The quantitative estimate of drug-likeness (QED) is 0.579. The van der Waals surface area contributed by atoms with E-state index in [0.29, 0.717) is 9.07 Å². The SMILES string of the molecule is CS[C@]1(Br)CC1(C)C. The van der Waals surface area contributed by atoms with Crippen molar-refractivity contribution in [3.8, 4) is 0 Å². The zero-order chi connectivity index (χ0) is 6.41. The Bertz CT molecular complexity index is 111. The summed E-state index contributed by atoms with van der Waals surface area (Å²) in [6.07, 6.45) is 3.46. The van der Waals surface area contributed by atoms with Crippen LogP contribution in [0.1, 0.15) is 20.3 Å². The van der Waals surface area contributed by atoms with Crippen molar-refractivity contribution < 1.29 is 0 Å². The molecule has 0 aliphatic heterocycles.